The quantitative estimate of drug-likeness (QED) is 0.661. The molecule has 0 bridgehead atoms. The van der Waals surface area contributed by atoms with Gasteiger partial charge in [0.25, 0.3) is 0 Å². The Morgan fingerprint density at radius 2 is 1.81 bits per heavy atom. The van der Waals surface area contributed by atoms with Crippen LogP contribution in [0.4, 0.5) is 0 Å². The summed E-state index contributed by atoms with van der Waals surface area (Å²) >= 11 is 5.97. The molecule has 7 nitrogen and oxygen atoms in total. The average molecular weight is 447 g/mol. The third kappa shape index (κ3) is 3.97. The molecule has 3 N–H and O–H groups in total. The third-order valence-corrected chi connectivity index (χ3v) is 8.02. The molecule has 3 heterocycles. The Balaban J connectivity index is 1.20. The third-order valence-electron chi connectivity index (χ3n) is 7.77. The number of benzene rings is 1. The highest BCUT2D eigenvalue weighted by molar-refractivity contribution is 6.30. The summed E-state index contributed by atoms with van der Waals surface area (Å²) in [7, 11) is 0. The number of rotatable bonds is 3. The fourth-order valence-electron chi connectivity index (χ4n) is 5.90. The Kier molecular flexibility index (Phi) is 5.71. The van der Waals surface area contributed by atoms with Crippen LogP contribution in [-0.2, 0) is 15.2 Å². The highest BCUT2D eigenvalue weighted by atomic mass is 35.5. The first-order chi connectivity index (χ1) is 14.9. The lowest BCUT2D eigenvalue weighted by molar-refractivity contribution is -0.140. The molecule has 3 saturated heterocycles. The number of nitrogens with zero attached hydrogens (tertiary/aromatic N) is 2. The second kappa shape index (κ2) is 8.35. The van der Waals surface area contributed by atoms with Crippen LogP contribution >= 0.6 is 11.6 Å². The van der Waals surface area contributed by atoms with Crippen LogP contribution in [0.25, 0.3) is 0 Å². The van der Waals surface area contributed by atoms with Gasteiger partial charge in [-0.25, -0.2) is 5.43 Å². The van der Waals surface area contributed by atoms with Crippen LogP contribution in [0.15, 0.2) is 24.3 Å². The number of nitrogens with one attached hydrogen (secondary N) is 2. The van der Waals surface area contributed by atoms with Crippen molar-refractivity contribution < 1.29 is 14.7 Å². The van der Waals surface area contributed by atoms with E-state index in [0.29, 0.717) is 49.5 Å². The second-order valence-corrected chi connectivity index (χ2v) is 10.0. The number of carbonyl (C=O) groups excluding carboxylic acids is 2. The summed E-state index contributed by atoms with van der Waals surface area (Å²) in [5, 5.41) is 11.7. The molecule has 5 rings (SSSR count). The SMILES string of the molecule is O=C(C1CC(=O)N(C2NNC3CCCCC32)C1)N1CCC(O)(c2ccc(Cl)cc2)CC1. The number of piperidine rings is 1. The van der Waals surface area contributed by atoms with E-state index in [1.54, 1.807) is 12.1 Å². The lowest BCUT2D eigenvalue weighted by atomic mass is 9.84. The Morgan fingerprint density at radius 3 is 2.55 bits per heavy atom. The summed E-state index contributed by atoms with van der Waals surface area (Å²) in [6, 6.07) is 7.71. The van der Waals surface area contributed by atoms with E-state index in [-0.39, 0.29) is 30.3 Å². The minimum absolute atomic E-state index is 0.00745. The molecule has 8 heteroatoms. The molecule has 31 heavy (non-hydrogen) atoms. The molecule has 4 aliphatic rings. The molecule has 1 saturated carbocycles. The monoisotopic (exact) mass is 446 g/mol. The molecule has 3 aliphatic heterocycles. The average Bonchev–Trinajstić information content (AvgIpc) is 3.37. The summed E-state index contributed by atoms with van der Waals surface area (Å²) in [4.78, 5) is 29.7. The first-order valence-corrected chi connectivity index (χ1v) is 11.9. The van der Waals surface area contributed by atoms with Gasteiger partial charge in [0, 0.05) is 43.0 Å². The summed E-state index contributed by atoms with van der Waals surface area (Å²) < 4.78 is 0. The van der Waals surface area contributed by atoms with E-state index in [9.17, 15) is 14.7 Å². The molecule has 168 valence electrons. The zero-order valence-corrected chi connectivity index (χ0v) is 18.5. The highest BCUT2D eigenvalue weighted by Crippen LogP contribution is 2.36. The summed E-state index contributed by atoms with van der Waals surface area (Å²) in [6.07, 6.45) is 5.95. The van der Waals surface area contributed by atoms with Crippen LogP contribution in [0.1, 0.15) is 50.5 Å². The molecule has 4 unspecified atom stereocenters. The van der Waals surface area contributed by atoms with Crippen molar-refractivity contribution in [2.75, 3.05) is 19.6 Å². The van der Waals surface area contributed by atoms with Crippen molar-refractivity contribution in [3.63, 3.8) is 0 Å². The summed E-state index contributed by atoms with van der Waals surface area (Å²) in [5.41, 5.74) is 6.60. The van der Waals surface area contributed by atoms with Crippen molar-refractivity contribution in [3.8, 4) is 0 Å². The predicted octanol–water partition coefficient (Wildman–Crippen LogP) is 1.99. The van der Waals surface area contributed by atoms with Crippen molar-refractivity contribution in [2.24, 2.45) is 11.8 Å². The van der Waals surface area contributed by atoms with Gasteiger partial charge in [-0.3, -0.25) is 15.0 Å². The van der Waals surface area contributed by atoms with E-state index in [4.69, 9.17) is 11.6 Å². The number of hydrogen-bond acceptors (Lipinski definition) is 5. The molecular weight excluding hydrogens is 416 g/mol. The van der Waals surface area contributed by atoms with Gasteiger partial charge < -0.3 is 14.9 Å². The van der Waals surface area contributed by atoms with Crippen LogP contribution in [0.3, 0.4) is 0 Å². The van der Waals surface area contributed by atoms with Gasteiger partial charge >= 0.3 is 0 Å². The van der Waals surface area contributed by atoms with E-state index in [2.05, 4.69) is 10.9 Å². The molecule has 4 atom stereocenters. The van der Waals surface area contributed by atoms with E-state index in [0.717, 1.165) is 18.4 Å². The number of aliphatic hydroxyl groups is 1. The molecular formula is C23H31ClN4O3. The summed E-state index contributed by atoms with van der Waals surface area (Å²) in [5.74, 6) is 0.244. The fraction of sp³-hybridized carbons (Fsp3) is 0.652. The molecule has 0 radical (unpaired) electrons. The van der Waals surface area contributed by atoms with Crippen LogP contribution in [-0.4, -0.2) is 58.6 Å². The Hall–Kier alpha value is -1.67. The number of likely N-dealkylation sites (tertiary alicyclic amines) is 2. The van der Waals surface area contributed by atoms with Crippen molar-refractivity contribution in [2.45, 2.75) is 62.8 Å². The predicted molar refractivity (Wildman–Crippen MR) is 117 cm³/mol. The van der Waals surface area contributed by atoms with E-state index in [1.807, 2.05) is 21.9 Å². The van der Waals surface area contributed by atoms with Gasteiger partial charge in [0.15, 0.2) is 0 Å². The number of carbonyl (C=O) groups is 2. The standard InChI is InChI=1S/C23H31ClN4O3/c24-17-7-5-16(6-8-17)23(31)9-11-27(12-10-23)22(30)15-13-20(29)28(14-15)21-18-3-1-2-4-19(18)25-26-21/h5-8,15,18-19,21,25-26,31H,1-4,9-14H2. The maximum Gasteiger partial charge on any atom is 0.227 e. The van der Waals surface area contributed by atoms with Crippen molar-refractivity contribution in [3.05, 3.63) is 34.9 Å². The number of fused-ring (bicyclic) bond motifs is 1. The van der Waals surface area contributed by atoms with E-state index in [1.165, 1.54) is 12.8 Å². The van der Waals surface area contributed by atoms with Crippen molar-refractivity contribution in [1.82, 2.24) is 20.7 Å². The zero-order chi connectivity index (χ0) is 21.6. The summed E-state index contributed by atoms with van der Waals surface area (Å²) in [6.45, 7) is 1.48. The number of halogens is 1. The van der Waals surface area contributed by atoms with Crippen LogP contribution < -0.4 is 10.9 Å². The van der Waals surface area contributed by atoms with Gasteiger partial charge in [-0.05, 0) is 43.4 Å². The van der Waals surface area contributed by atoms with E-state index < -0.39 is 5.60 Å². The maximum atomic E-state index is 13.2. The topological polar surface area (TPSA) is 84.9 Å². The smallest absolute Gasteiger partial charge is 0.227 e. The van der Waals surface area contributed by atoms with Crippen LogP contribution in [0.2, 0.25) is 5.02 Å². The molecule has 2 amide bonds. The number of amides is 2. The van der Waals surface area contributed by atoms with Crippen LogP contribution in [0, 0.1) is 11.8 Å². The lowest BCUT2D eigenvalue weighted by Gasteiger charge is -2.39. The Labute approximate surface area is 188 Å². The largest absolute Gasteiger partial charge is 0.385 e. The molecule has 0 spiro atoms. The fourth-order valence-corrected chi connectivity index (χ4v) is 6.02. The number of hydrogen-bond donors (Lipinski definition) is 3. The number of hydrazine groups is 1. The lowest BCUT2D eigenvalue weighted by Crippen LogP contribution is -2.50. The zero-order valence-electron chi connectivity index (χ0n) is 17.7. The molecule has 1 aromatic rings. The van der Waals surface area contributed by atoms with Gasteiger partial charge in [-0.15, -0.1) is 0 Å². The van der Waals surface area contributed by atoms with Crippen LogP contribution in [0.5, 0.6) is 0 Å². The first kappa shape index (κ1) is 21.2. The highest BCUT2D eigenvalue weighted by Gasteiger charge is 2.47. The molecule has 1 aliphatic carbocycles. The van der Waals surface area contributed by atoms with Gasteiger partial charge in [0.1, 0.15) is 0 Å². The van der Waals surface area contributed by atoms with Gasteiger partial charge in [-0.1, -0.05) is 36.6 Å². The minimum Gasteiger partial charge on any atom is -0.385 e. The van der Waals surface area contributed by atoms with E-state index >= 15 is 0 Å². The Morgan fingerprint density at radius 1 is 1.10 bits per heavy atom. The maximum absolute atomic E-state index is 13.2. The minimum atomic E-state index is -0.936. The molecule has 1 aromatic carbocycles. The van der Waals surface area contributed by atoms with Crippen molar-refractivity contribution >= 4 is 23.4 Å². The normalized spacial score (nSPS) is 32.9. The van der Waals surface area contributed by atoms with Gasteiger partial charge in [0.05, 0.1) is 17.7 Å². The second-order valence-electron chi connectivity index (χ2n) is 9.60. The van der Waals surface area contributed by atoms with Crippen molar-refractivity contribution in [1.29, 1.82) is 0 Å². The Bertz CT molecular complexity index is 840. The van der Waals surface area contributed by atoms with Gasteiger partial charge in [-0.2, -0.15) is 0 Å². The molecule has 0 aromatic heterocycles. The first-order valence-electron chi connectivity index (χ1n) is 11.5. The van der Waals surface area contributed by atoms with Gasteiger partial charge in [0.2, 0.25) is 11.8 Å². The molecule has 4 fully saturated rings.